The second-order valence-electron chi connectivity index (χ2n) is 8.47. The molecule has 3 aromatic carbocycles. The van der Waals surface area contributed by atoms with Crippen LogP contribution in [0.1, 0.15) is 37.5 Å². The van der Waals surface area contributed by atoms with Crippen molar-refractivity contribution in [2.75, 3.05) is 12.4 Å². The van der Waals surface area contributed by atoms with Crippen molar-refractivity contribution in [3.05, 3.63) is 83.4 Å². The Morgan fingerprint density at radius 2 is 1.73 bits per heavy atom. The predicted molar refractivity (Wildman–Crippen MR) is 125 cm³/mol. The molecule has 3 heteroatoms. The first-order valence-corrected chi connectivity index (χ1v) is 10.2. The molecule has 30 heavy (non-hydrogen) atoms. The van der Waals surface area contributed by atoms with Crippen molar-refractivity contribution >= 4 is 23.1 Å². The van der Waals surface area contributed by atoms with Crippen molar-refractivity contribution in [3.63, 3.8) is 0 Å². The third kappa shape index (κ3) is 3.07. The zero-order valence-corrected chi connectivity index (χ0v) is 17.7. The Bertz CT molecular complexity index is 1200. The van der Waals surface area contributed by atoms with E-state index >= 15 is 0 Å². The maximum Gasteiger partial charge on any atom is 0.136 e. The van der Waals surface area contributed by atoms with Crippen LogP contribution in [0, 0.1) is 0 Å². The molecule has 0 radical (unpaired) electrons. The topological polar surface area (TPSA) is 30.5 Å². The van der Waals surface area contributed by atoms with Gasteiger partial charge in [0.2, 0.25) is 0 Å². The zero-order chi connectivity index (χ0) is 20.9. The molecule has 3 nitrogen and oxygen atoms in total. The first-order valence-electron chi connectivity index (χ1n) is 10.2. The minimum absolute atomic E-state index is 0.0920. The van der Waals surface area contributed by atoms with E-state index < -0.39 is 0 Å². The van der Waals surface area contributed by atoms with Crippen molar-refractivity contribution in [2.24, 2.45) is 0 Å². The Kier molecular flexibility index (Phi) is 4.21. The molecular formula is C27H25NO2. The highest BCUT2D eigenvalue weighted by atomic mass is 16.5. The quantitative estimate of drug-likeness (QED) is 0.514. The summed E-state index contributed by atoms with van der Waals surface area (Å²) in [6, 6.07) is 20.7. The van der Waals surface area contributed by atoms with Crippen molar-refractivity contribution in [1.29, 1.82) is 0 Å². The summed E-state index contributed by atoms with van der Waals surface area (Å²) in [7, 11) is 1.69. The fourth-order valence-electron chi connectivity index (χ4n) is 4.50. The molecule has 0 fully saturated rings. The SMILES string of the molecule is COc1ccc2c(c1)-c1ccc3c(c1/C(=C/c1ccccc1)O2)C(C)=CC(C)(C)N3. The van der Waals surface area contributed by atoms with Crippen LogP contribution in [0.15, 0.2) is 66.7 Å². The van der Waals surface area contributed by atoms with Crippen molar-refractivity contribution < 1.29 is 9.47 Å². The first-order chi connectivity index (χ1) is 14.4. The molecule has 0 amide bonds. The van der Waals surface area contributed by atoms with E-state index in [1.165, 1.54) is 11.1 Å². The Morgan fingerprint density at radius 3 is 2.50 bits per heavy atom. The van der Waals surface area contributed by atoms with Gasteiger partial charge < -0.3 is 14.8 Å². The number of allylic oxidation sites excluding steroid dienone is 1. The molecule has 0 unspecified atom stereocenters. The lowest BCUT2D eigenvalue weighted by Crippen LogP contribution is -2.32. The number of benzene rings is 3. The highest BCUT2D eigenvalue weighted by Crippen LogP contribution is 2.49. The molecule has 0 bridgehead atoms. The van der Waals surface area contributed by atoms with Gasteiger partial charge in [0.05, 0.1) is 12.6 Å². The van der Waals surface area contributed by atoms with Gasteiger partial charge in [0.1, 0.15) is 17.3 Å². The molecule has 5 rings (SSSR count). The molecule has 0 spiro atoms. The van der Waals surface area contributed by atoms with Crippen molar-refractivity contribution in [3.8, 4) is 22.6 Å². The molecule has 2 heterocycles. The van der Waals surface area contributed by atoms with E-state index in [1.807, 2.05) is 30.3 Å². The Hall–Kier alpha value is -3.46. The third-order valence-corrected chi connectivity index (χ3v) is 5.67. The summed E-state index contributed by atoms with van der Waals surface area (Å²) in [5.74, 6) is 2.53. The molecular weight excluding hydrogens is 370 g/mol. The van der Waals surface area contributed by atoms with Crippen LogP contribution in [0.25, 0.3) is 28.5 Å². The summed E-state index contributed by atoms with van der Waals surface area (Å²) in [6.45, 7) is 6.56. The van der Waals surface area contributed by atoms with Crippen LogP contribution >= 0.6 is 0 Å². The van der Waals surface area contributed by atoms with E-state index in [-0.39, 0.29) is 5.54 Å². The maximum absolute atomic E-state index is 6.48. The van der Waals surface area contributed by atoms with Crippen molar-refractivity contribution in [2.45, 2.75) is 26.3 Å². The molecule has 0 saturated heterocycles. The molecule has 2 aliphatic heterocycles. The van der Waals surface area contributed by atoms with Gasteiger partial charge in [-0.05, 0) is 67.8 Å². The smallest absolute Gasteiger partial charge is 0.136 e. The highest BCUT2D eigenvalue weighted by molar-refractivity contribution is 6.00. The van der Waals surface area contributed by atoms with Gasteiger partial charge in [0.25, 0.3) is 0 Å². The molecule has 150 valence electrons. The standard InChI is InChI=1S/C27H25NO2/c1-17-16-27(2,3)28-22-12-11-20-21-15-19(29-4)10-13-23(21)30-24(26(20)25(17)22)14-18-8-6-5-7-9-18/h5-16,28H,1-4H3/b24-14-. The number of rotatable bonds is 2. The van der Waals surface area contributed by atoms with Crippen LogP contribution < -0.4 is 14.8 Å². The van der Waals surface area contributed by atoms with E-state index in [0.29, 0.717) is 0 Å². The molecule has 0 saturated carbocycles. The van der Waals surface area contributed by atoms with Gasteiger partial charge in [-0.25, -0.2) is 0 Å². The number of methoxy groups -OCH3 is 1. The molecule has 3 aromatic rings. The summed E-state index contributed by atoms with van der Waals surface area (Å²) in [5.41, 5.74) is 7.92. The predicted octanol–water partition coefficient (Wildman–Crippen LogP) is 6.86. The fourth-order valence-corrected chi connectivity index (χ4v) is 4.50. The van der Waals surface area contributed by atoms with E-state index in [1.54, 1.807) is 7.11 Å². The van der Waals surface area contributed by atoms with Crippen LogP contribution in [-0.2, 0) is 0 Å². The third-order valence-electron chi connectivity index (χ3n) is 5.67. The molecule has 1 N–H and O–H groups in total. The molecule has 2 aliphatic rings. The number of nitrogens with one attached hydrogen (secondary N) is 1. The van der Waals surface area contributed by atoms with Gasteiger partial charge in [0, 0.05) is 22.4 Å². The lowest BCUT2D eigenvalue weighted by atomic mass is 9.83. The number of hydrogen-bond acceptors (Lipinski definition) is 3. The van der Waals surface area contributed by atoms with Crippen LogP contribution in [0.2, 0.25) is 0 Å². The van der Waals surface area contributed by atoms with Gasteiger partial charge in [0.15, 0.2) is 0 Å². The largest absolute Gasteiger partial charge is 0.497 e. The molecule has 0 atom stereocenters. The van der Waals surface area contributed by atoms with E-state index in [4.69, 9.17) is 9.47 Å². The lowest BCUT2D eigenvalue weighted by molar-refractivity contribution is 0.413. The average Bonchev–Trinajstić information content (AvgIpc) is 2.73. The summed E-state index contributed by atoms with van der Waals surface area (Å²) in [6.07, 6.45) is 4.41. The fraction of sp³-hybridized carbons (Fsp3) is 0.185. The van der Waals surface area contributed by atoms with E-state index in [9.17, 15) is 0 Å². The summed E-state index contributed by atoms with van der Waals surface area (Å²) < 4.78 is 12.0. The second-order valence-corrected chi connectivity index (χ2v) is 8.47. The van der Waals surface area contributed by atoms with Crippen LogP contribution in [-0.4, -0.2) is 12.6 Å². The minimum atomic E-state index is -0.0920. The van der Waals surface area contributed by atoms with Gasteiger partial charge in [-0.1, -0.05) is 42.5 Å². The van der Waals surface area contributed by atoms with E-state index in [2.05, 4.69) is 68.6 Å². The number of ether oxygens (including phenoxy) is 2. The summed E-state index contributed by atoms with van der Waals surface area (Å²) in [4.78, 5) is 0. The number of hydrogen-bond donors (Lipinski definition) is 1. The Balaban J connectivity index is 1.80. The van der Waals surface area contributed by atoms with Crippen LogP contribution in [0.5, 0.6) is 11.5 Å². The maximum atomic E-state index is 6.48. The van der Waals surface area contributed by atoms with Crippen LogP contribution in [0.4, 0.5) is 5.69 Å². The van der Waals surface area contributed by atoms with Gasteiger partial charge in [-0.3, -0.25) is 0 Å². The Labute approximate surface area is 177 Å². The minimum Gasteiger partial charge on any atom is -0.497 e. The zero-order valence-electron chi connectivity index (χ0n) is 17.7. The molecule has 0 aromatic heterocycles. The van der Waals surface area contributed by atoms with E-state index in [0.717, 1.165) is 45.2 Å². The number of fused-ring (bicyclic) bond motifs is 5. The molecule has 0 aliphatic carbocycles. The first kappa shape index (κ1) is 18.6. The summed E-state index contributed by atoms with van der Waals surface area (Å²) in [5, 5.41) is 3.66. The number of anilines is 1. The van der Waals surface area contributed by atoms with Crippen LogP contribution in [0.3, 0.4) is 0 Å². The van der Waals surface area contributed by atoms with Gasteiger partial charge >= 0.3 is 0 Å². The van der Waals surface area contributed by atoms with Gasteiger partial charge in [-0.2, -0.15) is 0 Å². The van der Waals surface area contributed by atoms with Gasteiger partial charge in [-0.15, -0.1) is 0 Å². The monoisotopic (exact) mass is 395 g/mol. The second kappa shape index (κ2) is 6.81. The lowest BCUT2D eigenvalue weighted by Gasteiger charge is -2.35. The average molecular weight is 396 g/mol. The summed E-state index contributed by atoms with van der Waals surface area (Å²) >= 11 is 0. The Morgan fingerprint density at radius 1 is 0.933 bits per heavy atom. The normalized spacial score (nSPS) is 17.1. The highest BCUT2D eigenvalue weighted by Gasteiger charge is 2.31. The van der Waals surface area contributed by atoms with Crippen molar-refractivity contribution in [1.82, 2.24) is 0 Å².